The highest BCUT2D eigenvalue weighted by atomic mass is 19.1. The summed E-state index contributed by atoms with van der Waals surface area (Å²) < 4.78 is 12.7. The van der Waals surface area contributed by atoms with E-state index >= 15 is 0 Å². The van der Waals surface area contributed by atoms with Crippen molar-refractivity contribution in [3.8, 4) is 0 Å². The first-order chi connectivity index (χ1) is 9.24. The minimum absolute atomic E-state index is 0.0946. The van der Waals surface area contributed by atoms with Crippen LogP contribution in [0.3, 0.4) is 0 Å². The monoisotopic (exact) mass is 262 g/mol. The summed E-state index contributed by atoms with van der Waals surface area (Å²) in [6, 6.07) is 6.05. The zero-order valence-electron chi connectivity index (χ0n) is 10.9. The van der Waals surface area contributed by atoms with E-state index in [1.165, 1.54) is 18.2 Å². The SMILES string of the molecule is O=C(C=Cc1ccc(F)cc1)NCC1CCNCC1. The van der Waals surface area contributed by atoms with Crippen LogP contribution in [-0.4, -0.2) is 25.5 Å². The third-order valence-corrected chi connectivity index (χ3v) is 3.32. The molecule has 19 heavy (non-hydrogen) atoms. The number of piperidine rings is 1. The molecule has 0 aliphatic carbocycles. The molecule has 0 atom stereocenters. The Bertz CT molecular complexity index is 436. The smallest absolute Gasteiger partial charge is 0.244 e. The van der Waals surface area contributed by atoms with E-state index in [1.807, 2.05) is 0 Å². The Morgan fingerprint density at radius 1 is 1.32 bits per heavy atom. The zero-order valence-corrected chi connectivity index (χ0v) is 10.9. The molecule has 2 N–H and O–H groups in total. The summed E-state index contributed by atoms with van der Waals surface area (Å²) in [7, 11) is 0. The Kier molecular flexibility index (Phi) is 5.10. The van der Waals surface area contributed by atoms with Gasteiger partial charge in [0.25, 0.3) is 0 Å². The molecule has 1 aliphatic rings. The van der Waals surface area contributed by atoms with Crippen LogP contribution in [0.25, 0.3) is 6.08 Å². The van der Waals surface area contributed by atoms with Gasteiger partial charge in [-0.15, -0.1) is 0 Å². The molecule has 3 nitrogen and oxygen atoms in total. The Balaban J connectivity index is 1.75. The summed E-state index contributed by atoms with van der Waals surface area (Å²) >= 11 is 0. The van der Waals surface area contributed by atoms with Crippen LogP contribution in [0.2, 0.25) is 0 Å². The van der Waals surface area contributed by atoms with Crippen LogP contribution < -0.4 is 10.6 Å². The Labute approximate surface area is 112 Å². The van der Waals surface area contributed by atoms with Crippen molar-refractivity contribution in [1.82, 2.24) is 10.6 Å². The molecule has 1 aromatic rings. The minimum Gasteiger partial charge on any atom is -0.352 e. The summed E-state index contributed by atoms with van der Waals surface area (Å²) in [6.07, 6.45) is 5.41. The van der Waals surface area contributed by atoms with Gasteiger partial charge in [0, 0.05) is 12.6 Å². The van der Waals surface area contributed by atoms with Gasteiger partial charge in [-0.2, -0.15) is 0 Å². The topological polar surface area (TPSA) is 41.1 Å². The number of amides is 1. The highest BCUT2D eigenvalue weighted by Crippen LogP contribution is 2.09. The molecule has 0 aromatic heterocycles. The fourth-order valence-corrected chi connectivity index (χ4v) is 2.14. The molecule has 0 spiro atoms. The van der Waals surface area contributed by atoms with Crippen LogP contribution in [0, 0.1) is 11.7 Å². The average Bonchev–Trinajstić information content (AvgIpc) is 2.45. The van der Waals surface area contributed by atoms with E-state index in [0.29, 0.717) is 5.92 Å². The summed E-state index contributed by atoms with van der Waals surface area (Å²) in [5, 5.41) is 6.20. The fraction of sp³-hybridized carbons (Fsp3) is 0.400. The van der Waals surface area contributed by atoms with Crippen molar-refractivity contribution in [2.45, 2.75) is 12.8 Å². The molecule has 1 saturated heterocycles. The van der Waals surface area contributed by atoms with Crippen molar-refractivity contribution in [2.75, 3.05) is 19.6 Å². The lowest BCUT2D eigenvalue weighted by atomic mass is 9.98. The number of rotatable bonds is 4. The maximum Gasteiger partial charge on any atom is 0.244 e. The van der Waals surface area contributed by atoms with Crippen molar-refractivity contribution in [2.24, 2.45) is 5.92 Å². The quantitative estimate of drug-likeness (QED) is 0.814. The van der Waals surface area contributed by atoms with E-state index in [4.69, 9.17) is 0 Å². The van der Waals surface area contributed by atoms with Gasteiger partial charge >= 0.3 is 0 Å². The van der Waals surface area contributed by atoms with Gasteiger partial charge in [0.2, 0.25) is 5.91 Å². The standard InChI is InChI=1S/C15H19FN2O/c16-14-4-1-12(2-5-14)3-6-15(19)18-11-13-7-9-17-10-8-13/h1-6,13,17H,7-11H2,(H,18,19). The maximum absolute atomic E-state index is 12.7. The number of halogens is 1. The second-order valence-corrected chi connectivity index (χ2v) is 4.82. The lowest BCUT2D eigenvalue weighted by molar-refractivity contribution is -0.116. The van der Waals surface area contributed by atoms with Gasteiger partial charge in [0.1, 0.15) is 5.82 Å². The molecule has 102 valence electrons. The van der Waals surface area contributed by atoms with Gasteiger partial charge in [-0.3, -0.25) is 4.79 Å². The van der Waals surface area contributed by atoms with E-state index in [9.17, 15) is 9.18 Å². The summed E-state index contributed by atoms with van der Waals surface area (Å²) in [6.45, 7) is 2.80. The highest BCUT2D eigenvalue weighted by molar-refractivity contribution is 5.91. The number of nitrogens with one attached hydrogen (secondary N) is 2. The largest absolute Gasteiger partial charge is 0.352 e. The number of hydrogen-bond donors (Lipinski definition) is 2. The van der Waals surface area contributed by atoms with Crippen LogP contribution >= 0.6 is 0 Å². The molecule has 1 aliphatic heterocycles. The summed E-state index contributed by atoms with van der Waals surface area (Å²) in [4.78, 5) is 11.6. The van der Waals surface area contributed by atoms with Crippen molar-refractivity contribution in [3.05, 3.63) is 41.7 Å². The van der Waals surface area contributed by atoms with Gasteiger partial charge in [0.15, 0.2) is 0 Å². The molecule has 0 saturated carbocycles. The summed E-state index contributed by atoms with van der Waals surface area (Å²) in [5.74, 6) is 0.208. The molecule has 1 heterocycles. The van der Waals surface area contributed by atoms with E-state index in [2.05, 4.69) is 10.6 Å². The van der Waals surface area contributed by atoms with Gasteiger partial charge in [-0.1, -0.05) is 12.1 Å². The second-order valence-electron chi connectivity index (χ2n) is 4.82. The van der Waals surface area contributed by atoms with E-state index in [1.54, 1.807) is 18.2 Å². The first-order valence-corrected chi connectivity index (χ1v) is 6.66. The second kappa shape index (κ2) is 7.04. The highest BCUT2D eigenvalue weighted by Gasteiger charge is 2.12. The number of hydrogen-bond acceptors (Lipinski definition) is 2. The first kappa shape index (κ1) is 13.7. The van der Waals surface area contributed by atoms with Crippen LogP contribution in [0.15, 0.2) is 30.3 Å². The molecule has 4 heteroatoms. The molecule has 1 aromatic carbocycles. The molecule has 1 fully saturated rings. The van der Waals surface area contributed by atoms with Crippen LogP contribution in [0.4, 0.5) is 4.39 Å². The molecular weight excluding hydrogens is 243 g/mol. The third kappa shape index (κ3) is 4.83. The predicted octanol–water partition coefficient (Wildman–Crippen LogP) is 1.95. The van der Waals surface area contributed by atoms with Crippen molar-refractivity contribution >= 4 is 12.0 Å². The van der Waals surface area contributed by atoms with Crippen LogP contribution in [0.5, 0.6) is 0 Å². The summed E-state index contributed by atoms with van der Waals surface area (Å²) in [5.41, 5.74) is 0.818. The van der Waals surface area contributed by atoms with Crippen molar-refractivity contribution in [3.63, 3.8) is 0 Å². The van der Waals surface area contributed by atoms with E-state index in [0.717, 1.165) is 38.0 Å². The Morgan fingerprint density at radius 2 is 2.00 bits per heavy atom. The number of carbonyl (C=O) groups is 1. The van der Waals surface area contributed by atoms with E-state index < -0.39 is 0 Å². The van der Waals surface area contributed by atoms with Gasteiger partial charge < -0.3 is 10.6 Å². The van der Waals surface area contributed by atoms with Gasteiger partial charge in [-0.05, 0) is 55.6 Å². The molecule has 0 unspecified atom stereocenters. The van der Waals surface area contributed by atoms with E-state index in [-0.39, 0.29) is 11.7 Å². The van der Waals surface area contributed by atoms with Crippen LogP contribution in [-0.2, 0) is 4.79 Å². The molecule has 2 rings (SSSR count). The van der Waals surface area contributed by atoms with Crippen molar-refractivity contribution in [1.29, 1.82) is 0 Å². The maximum atomic E-state index is 12.7. The third-order valence-electron chi connectivity index (χ3n) is 3.32. The first-order valence-electron chi connectivity index (χ1n) is 6.66. The van der Waals surface area contributed by atoms with Gasteiger partial charge in [-0.25, -0.2) is 4.39 Å². The minimum atomic E-state index is -0.271. The Morgan fingerprint density at radius 3 is 2.68 bits per heavy atom. The lowest BCUT2D eigenvalue weighted by Crippen LogP contribution is -2.35. The molecule has 0 radical (unpaired) electrons. The normalized spacial score (nSPS) is 16.7. The number of benzene rings is 1. The molecule has 1 amide bonds. The number of carbonyl (C=O) groups excluding carboxylic acids is 1. The van der Waals surface area contributed by atoms with Gasteiger partial charge in [0.05, 0.1) is 0 Å². The molecule has 0 bridgehead atoms. The van der Waals surface area contributed by atoms with Crippen molar-refractivity contribution < 1.29 is 9.18 Å². The fourth-order valence-electron chi connectivity index (χ4n) is 2.14. The zero-order chi connectivity index (χ0) is 13.5. The lowest BCUT2D eigenvalue weighted by Gasteiger charge is -2.22. The van der Waals surface area contributed by atoms with Crippen LogP contribution in [0.1, 0.15) is 18.4 Å². The predicted molar refractivity (Wildman–Crippen MR) is 74.0 cm³/mol. The average molecular weight is 262 g/mol. The Hall–Kier alpha value is -1.68. The molecular formula is C15H19FN2O.